The third-order valence-corrected chi connectivity index (χ3v) is 4.27. The van der Waals surface area contributed by atoms with E-state index in [2.05, 4.69) is 80.4 Å². The Balaban J connectivity index is 2.11. The minimum Gasteiger partial charge on any atom is -0.345 e. The largest absolute Gasteiger partial charge is 0.345 e. The smallest absolute Gasteiger partial charge is 0.173 e. The second-order valence-corrected chi connectivity index (χ2v) is 6.54. The monoisotopic (exact) mass is 326 g/mol. The van der Waals surface area contributed by atoms with Gasteiger partial charge in [-0.2, -0.15) is 0 Å². The van der Waals surface area contributed by atoms with E-state index in [0.717, 1.165) is 30.3 Å². The van der Waals surface area contributed by atoms with Gasteiger partial charge in [-0.05, 0) is 62.2 Å². The Morgan fingerprint density at radius 2 is 1.65 bits per heavy atom. The van der Waals surface area contributed by atoms with Crippen molar-refractivity contribution in [3.63, 3.8) is 0 Å². The molecule has 0 fully saturated rings. The van der Waals surface area contributed by atoms with Crippen LogP contribution in [0.3, 0.4) is 0 Å². The Morgan fingerprint density at radius 3 is 2.30 bits per heavy atom. The second-order valence-electron chi connectivity index (χ2n) is 6.16. The Kier molecular flexibility index (Phi) is 6.17. The summed E-state index contributed by atoms with van der Waals surface area (Å²) in [7, 11) is 0. The molecule has 122 valence electrons. The molecule has 0 bridgehead atoms. The van der Waals surface area contributed by atoms with E-state index in [0.29, 0.717) is 0 Å². The second kappa shape index (κ2) is 8.11. The van der Waals surface area contributed by atoms with E-state index >= 15 is 0 Å². The van der Waals surface area contributed by atoms with Crippen LogP contribution in [0.15, 0.2) is 42.5 Å². The van der Waals surface area contributed by atoms with Crippen LogP contribution >= 0.6 is 12.2 Å². The summed E-state index contributed by atoms with van der Waals surface area (Å²) in [6.45, 7) is 10.3. The van der Waals surface area contributed by atoms with Crippen LogP contribution < -0.4 is 5.32 Å². The highest BCUT2D eigenvalue weighted by Gasteiger charge is 2.11. The molecule has 0 saturated carbocycles. The van der Waals surface area contributed by atoms with Crippen molar-refractivity contribution in [3.05, 3.63) is 64.7 Å². The van der Waals surface area contributed by atoms with Crippen LogP contribution in [0, 0.1) is 20.8 Å². The normalized spacial score (nSPS) is 10.4. The summed E-state index contributed by atoms with van der Waals surface area (Å²) in [4.78, 5) is 2.24. The fourth-order valence-electron chi connectivity index (χ4n) is 2.50. The van der Waals surface area contributed by atoms with Crippen LogP contribution in [0.25, 0.3) is 0 Å². The Morgan fingerprint density at radius 1 is 1.00 bits per heavy atom. The number of thiocarbonyl (C=S) groups is 1. The van der Waals surface area contributed by atoms with Crippen molar-refractivity contribution in [2.45, 2.75) is 40.7 Å². The molecule has 0 saturated heterocycles. The molecular formula is C20H26N2S. The minimum absolute atomic E-state index is 0.793. The standard InChI is InChI=1S/C20H26N2S/c1-5-12-22(14-18-10-7-15(2)8-11-18)20(23)21-19-13-16(3)6-9-17(19)4/h6-11,13H,5,12,14H2,1-4H3,(H,21,23). The highest BCUT2D eigenvalue weighted by atomic mass is 32.1. The molecule has 0 aliphatic heterocycles. The molecule has 0 aliphatic carbocycles. The van der Waals surface area contributed by atoms with E-state index in [4.69, 9.17) is 12.2 Å². The molecule has 0 unspecified atom stereocenters. The first-order valence-electron chi connectivity index (χ1n) is 8.18. The fourth-order valence-corrected chi connectivity index (χ4v) is 2.77. The van der Waals surface area contributed by atoms with Gasteiger partial charge in [-0.3, -0.25) is 0 Å². The van der Waals surface area contributed by atoms with Gasteiger partial charge >= 0.3 is 0 Å². The van der Waals surface area contributed by atoms with Crippen molar-refractivity contribution in [3.8, 4) is 0 Å². The number of rotatable bonds is 5. The van der Waals surface area contributed by atoms with Crippen molar-refractivity contribution in [1.82, 2.24) is 4.90 Å². The maximum Gasteiger partial charge on any atom is 0.173 e. The minimum atomic E-state index is 0.793. The summed E-state index contributed by atoms with van der Waals surface area (Å²) in [6, 6.07) is 15.1. The van der Waals surface area contributed by atoms with E-state index in [1.165, 1.54) is 22.3 Å². The molecule has 0 heterocycles. The zero-order chi connectivity index (χ0) is 16.8. The number of nitrogens with one attached hydrogen (secondary N) is 1. The third kappa shape index (κ3) is 5.07. The zero-order valence-electron chi connectivity index (χ0n) is 14.5. The predicted octanol–water partition coefficient (Wildman–Crippen LogP) is 5.22. The van der Waals surface area contributed by atoms with E-state index in [1.54, 1.807) is 0 Å². The lowest BCUT2D eigenvalue weighted by Crippen LogP contribution is -2.35. The lowest BCUT2D eigenvalue weighted by atomic mass is 10.1. The van der Waals surface area contributed by atoms with Gasteiger partial charge in [-0.25, -0.2) is 0 Å². The highest BCUT2D eigenvalue weighted by molar-refractivity contribution is 7.80. The van der Waals surface area contributed by atoms with Crippen LogP contribution in [0.2, 0.25) is 0 Å². The topological polar surface area (TPSA) is 15.3 Å². The summed E-state index contributed by atoms with van der Waals surface area (Å²) in [5, 5.41) is 4.22. The van der Waals surface area contributed by atoms with Crippen molar-refractivity contribution >= 4 is 23.0 Å². The average molecular weight is 327 g/mol. The molecule has 2 rings (SSSR count). The number of aryl methyl sites for hydroxylation is 3. The number of benzene rings is 2. The first-order valence-corrected chi connectivity index (χ1v) is 8.59. The number of nitrogens with zero attached hydrogens (tertiary/aromatic N) is 1. The molecule has 0 aliphatic rings. The first kappa shape index (κ1) is 17.5. The van der Waals surface area contributed by atoms with Crippen LogP contribution in [-0.4, -0.2) is 16.6 Å². The molecular weight excluding hydrogens is 300 g/mol. The highest BCUT2D eigenvalue weighted by Crippen LogP contribution is 2.18. The van der Waals surface area contributed by atoms with Gasteiger partial charge in [-0.1, -0.05) is 48.9 Å². The first-order chi connectivity index (χ1) is 11.0. The van der Waals surface area contributed by atoms with Gasteiger partial charge < -0.3 is 10.2 Å². The van der Waals surface area contributed by atoms with Crippen molar-refractivity contribution < 1.29 is 0 Å². The lowest BCUT2D eigenvalue weighted by molar-refractivity contribution is 0.418. The molecule has 0 spiro atoms. The summed E-state index contributed by atoms with van der Waals surface area (Å²) in [5.41, 5.74) is 6.12. The molecule has 2 nitrogen and oxygen atoms in total. The van der Waals surface area contributed by atoms with Crippen molar-refractivity contribution in [1.29, 1.82) is 0 Å². The van der Waals surface area contributed by atoms with Gasteiger partial charge in [0.05, 0.1) is 0 Å². The quantitative estimate of drug-likeness (QED) is 0.758. The molecule has 0 radical (unpaired) electrons. The van der Waals surface area contributed by atoms with Gasteiger partial charge in [-0.15, -0.1) is 0 Å². The van der Waals surface area contributed by atoms with E-state index in [9.17, 15) is 0 Å². The number of hydrogen-bond donors (Lipinski definition) is 1. The Bertz CT molecular complexity index is 662. The summed E-state index contributed by atoms with van der Waals surface area (Å²) in [5.74, 6) is 0. The zero-order valence-corrected chi connectivity index (χ0v) is 15.3. The average Bonchev–Trinajstić information content (AvgIpc) is 2.52. The van der Waals surface area contributed by atoms with Gasteiger partial charge in [0, 0.05) is 18.8 Å². The maximum absolute atomic E-state index is 5.67. The molecule has 2 aromatic rings. The molecule has 1 N–H and O–H groups in total. The van der Waals surface area contributed by atoms with Gasteiger partial charge in [0.25, 0.3) is 0 Å². The molecule has 0 amide bonds. The van der Waals surface area contributed by atoms with E-state index in [-0.39, 0.29) is 0 Å². The molecule has 23 heavy (non-hydrogen) atoms. The SMILES string of the molecule is CCCN(Cc1ccc(C)cc1)C(=S)Nc1cc(C)ccc1C. The van der Waals surface area contributed by atoms with Crippen molar-refractivity contribution in [2.75, 3.05) is 11.9 Å². The van der Waals surface area contributed by atoms with Crippen LogP contribution in [0.5, 0.6) is 0 Å². The molecule has 0 aromatic heterocycles. The van der Waals surface area contributed by atoms with Gasteiger partial charge in [0.15, 0.2) is 5.11 Å². The summed E-state index contributed by atoms with van der Waals surface area (Å²) < 4.78 is 0. The lowest BCUT2D eigenvalue weighted by Gasteiger charge is -2.26. The predicted molar refractivity (Wildman–Crippen MR) is 104 cm³/mol. The maximum atomic E-state index is 5.67. The Hall–Kier alpha value is -1.87. The third-order valence-electron chi connectivity index (χ3n) is 3.91. The van der Waals surface area contributed by atoms with Crippen LogP contribution in [-0.2, 0) is 6.54 Å². The molecule has 2 aromatic carbocycles. The number of anilines is 1. The van der Waals surface area contributed by atoms with Crippen molar-refractivity contribution in [2.24, 2.45) is 0 Å². The van der Waals surface area contributed by atoms with Gasteiger partial charge in [0.1, 0.15) is 0 Å². The summed E-state index contributed by atoms with van der Waals surface area (Å²) >= 11 is 5.67. The van der Waals surface area contributed by atoms with Crippen LogP contribution in [0.4, 0.5) is 5.69 Å². The van der Waals surface area contributed by atoms with Crippen LogP contribution in [0.1, 0.15) is 35.6 Å². The molecule has 0 atom stereocenters. The Labute approximate surface area is 145 Å². The summed E-state index contributed by atoms with van der Waals surface area (Å²) in [6.07, 6.45) is 1.07. The number of hydrogen-bond acceptors (Lipinski definition) is 1. The fraction of sp³-hybridized carbons (Fsp3) is 0.350. The van der Waals surface area contributed by atoms with Gasteiger partial charge in [0.2, 0.25) is 0 Å². The van der Waals surface area contributed by atoms with E-state index < -0.39 is 0 Å². The molecule has 3 heteroatoms. The van der Waals surface area contributed by atoms with E-state index in [1.807, 2.05) is 0 Å².